The molecule has 3 saturated carbocycles. The topological polar surface area (TPSA) is 279 Å². The molecule has 0 aromatic heterocycles. The van der Waals surface area contributed by atoms with Crippen molar-refractivity contribution in [1.29, 1.82) is 0 Å². The Labute approximate surface area is 591 Å². The molecule has 8 atom stereocenters. The second kappa shape index (κ2) is 35.7. The predicted molar refractivity (Wildman–Crippen MR) is 366 cm³/mol. The Kier molecular flexibility index (Phi) is 28.6. The molecule has 7 rings (SSSR count). The van der Waals surface area contributed by atoms with Crippen LogP contribution in [0.25, 0.3) is 0 Å². The normalized spacial score (nSPS) is 26.8. The molecule has 25 nitrogen and oxygen atoms in total. The quantitative estimate of drug-likeness (QED) is 0.267. The minimum absolute atomic E-state index is 0.0170. The summed E-state index contributed by atoms with van der Waals surface area (Å²) >= 11 is 6.15. The Morgan fingerprint density at radius 3 is 1.85 bits per heavy atom. The summed E-state index contributed by atoms with van der Waals surface area (Å²) in [5, 5.41) is 8.09. The van der Waals surface area contributed by atoms with Crippen LogP contribution in [0.4, 0.5) is 13.2 Å². The van der Waals surface area contributed by atoms with E-state index in [0.717, 1.165) is 78.2 Å². The number of likely N-dealkylation sites (N-methyl/N-ethyl adjacent to an activating group) is 7. The van der Waals surface area contributed by atoms with Crippen LogP contribution in [0.15, 0.2) is 18.2 Å². The standard InChI is InChI=1S/C71H108ClF3N12O13/c1-12-45(4)60-67(97)81(7)42-58(90)79(5)43-59(91)83(9)54(39-46-21-15-13-16-22-46)65(95)80(6)41-56(88)76-51(29-27-47-26-28-49(50(72)38-47)71(73,74)75)64(94)87-32-19-25-52(87)63(93)78-70(30-20-31-70)69(99)85(11)61(48-23-17-14-18-24-48)68(98)84(10)55(66(96)86-33-35-100-36-34-86)40-57(89)82(8)53(37-44(2)3)62(92)77-60/h26,28,38,44-46,48,51-55,60-61H,12-25,27,29-37,39-43H2,1-11H3,(H,76,88)(H,77,92)(H,78,93)/t45-,51-,52-,53-,54-,55-,60-,61-/m0/s1. The molecule has 3 heterocycles. The second-order valence-corrected chi connectivity index (χ2v) is 29.8. The number of ether oxygens (including phenoxy) is 1. The summed E-state index contributed by atoms with van der Waals surface area (Å²) in [6.07, 6.45) is 4.14. The highest BCUT2D eigenvalue weighted by Crippen LogP contribution is 2.39. The van der Waals surface area contributed by atoms with Crippen LogP contribution in [0.5, 0.6) is 0 Å². The first-order valence-electron chi connectivity index (χ1n) is 35.9. The fraction of sp³-hybridized carbons (Fsp3) is 0.746. The summed E-state index contributed by atoms with van der Waals surface area (Å²) in [4.78, 5) is 190. The van der Waals surface area contributed by atoms with Gasteiger partial charge in [0.25, 0.3) is 0 Å². The average Bonchev–Trinajstić information content (AvgIpc) is 0.971. The Morgan fingerprint density at radius 1 is 0.650 bits per heavy atom. The lowest BCUT2D eigenvalue weighted by Crippen LogP contribution is -2.68. The first-order valence-corrected chi connectivity index (χ1v) is 36.3. The van der Waals surface area contributed by atoms with E-state index in [2.05, 4.69) is 16.0 Å². The number of hydrogen-bond acceptors (Lipinski definition) is 13. The molecule has 1 aromatic rings. The van der Waals surface area contributed by atoms with E-state index in [-0.39, 0.29) is 89.6 Å². The maximum atomic E-state index is 15.7. The number of rotatable bonds is 11. The van der Waals surface area contributed by atoms with E-state index < -0.39 is 173 Å². The molecule has 3 aliphatic heterocycles. The molecule has 0 unspecified atom stereocenters. The number of benzene rings is 1. The number of alkyl halides is 3. The van der Waals surface area contributed by atoms with Gasteiger partial charge in [0.1, 0.15) is 47.8 Å². The number of amides is 12. The van der Waals surface area contributed by atoms with Gasteiger partial charge in [-0.25, -0.2) is 0 Å². The number of nitrogens with zero attached hydrogens (tertiary/aromatic N) is 9. The Bertz CT molecular complexity index is 3120. The molecule has 29 heteroatoms. The van der Waals surface area contributed by atoms with Crippen molar-refractivity contribution in [2.75, 3.05) is 102 Å². The first kappa shape index (κ1) is 80.2. The highest BCUT2D eigenvalue weighted by atomic mass is 35.5. The van der Waals surface area contributed by atoms with E-state index in [9.17, 15) is 41.9 Å². The molecule has 3 N–H and O–H groups in total. The number of fused-ring (bicyclic) bond motifs is 1. The number of morpholine rings is 1. The van der Waals surface area contributed by atoms with Gasteiger partial charge in [0.05, 0.1) is 49.9 Å². The number of halogens is 4. The third-order valence-corrected chi connectivity index (χ3v) is 22.1. The van der Waals surface area contributed by atoms with Gasteiger partial charge in [-0.1, -0.05) is 103 Å². The zero-order valence-electron chi connectivity index (χ0n) is 60.4. The fourth-order valence-electron chi connectivity index (χ4n) is 15.1. The lowest BCUT2D eigenvalue weighted by Gasteiger charge is -2.47. The molecule has 6 fully saturated rings. The summed E-state index contributed by atoms with van der Waals surface area (Å²) in [7, 11) is 9.91. The SMILES string of the molecule is CC[C@H](C)[C@@H]1NC(=O)[C@H](CC(C)C)N(C)C(=O)C[C@@H](C(=O)N2CCOCC2)N(C)C(=O)[C@H](C2CCCCC2)N(C)C(=O)C2(CCC2)NC(=O)[C@@H]2CCCN2C(=O)[C@H](CCc2ccc(C(F)(F)F)c(Cl)c2)NC(=O)CN(C)C(=O)[C@H](CC2CCCCC2)N(C)C(=O)CN(C)C(=O)CN(C)C1=O. The second-order valence-electron chi connectivity index (χ2n) is 29.4. The van der Waals surface area contributed by atoms with Crippen LogP contribution in [0.1, 0.15) is 167 Å². The fourth-order valence-corrected chi connectivity index (χ4v) is 15.4. The van der Waals surface area contributed by atoms with Crippen molar-refractivity contribution in [1.82, 2.24) is 60.0 Å². The van der Waals surface area contributed by atoms with Crippen molar-refractivity contribution in [3.63, 3.8) is 0 Å². The van der Waals surface area contributed by atoms with Crippen molar-refractivity contribution in [3.8, 4) is 0 Å². The largest absolute Gasteiger partial charge is 0.417 e. The molecule has 1 spiro atoms. The highest BCUT2D eigenvalue weighted by Gasteiger charge is 2.53. The van der Waals surface area contributed by atoms with E-state index in [1.165, 1.54) is 84.8 Å². The molecule has 0 radical (unpaired) electrons. The molecule has 0 bridgehead atoms. The van der Waals surface area contributed by atoms with Crippen LogP contribution >= 0.6 is 11.6 Å². The Balaban J connectivity index is 1.28. The average molecular weight is 1430 g/mol. The lowest BCUT2D eigenvalue weighted by molar-refractivity contribution is -0.159. The van der Waals surface area contributed by atoms with Gasteiger partial charge in [-0.3, -0.25) is 57.5 Å². The first-order chi connectivity index (χ1) is 47.2. The van der Waals surface area contributed by atoms with E-state index in [4.69, 9.17) is 16.3 Å². The molecular weight excluding hydrogens is 1320 g/mol. The van der Waals surface area contributed by atoms with E-state index >= 15 is 28.8 Å². The molecule has 558 valence electrons. The van der Waals surface area contributed by atoms with Gasteiger partial charge < -0.3 is 64.8 Å². The summed E-state index contributed by atoms with van der Waals surface area (Å²) in [5.74, 6) is -8.97. The Hall–Kier alpha value is -7.10. The van der Waals surface area contributed by atoms with Crippen LogP contribution in [-0.2, 0) is 74.9 Å². The summed E-state index contributed by atoms with van der Waals surface area (Å²) in [5.41, 5.74) is -2.33. The summed E-state index contributed by atoms with van der Waals surface area (Å²) < 4.78 is 47.2. The van der Waals surface area contributed by atoms with Crippen molar-refractivity contribution < 1.29 is 75.4 Å². The summed E-state index contributed by atoms with van der Waals surface area (Å²) in [6.45, 7) is 6.34. The van der Waals surface area contributed by atoms with Crippen molar-refractivity contribution >= 4 is 82.5 Å². The van der Waals surface area contributed by atoms with Crippen LogP contribution in [-0.4, -0.2) is 265 Å². The Morgan fingerprint density at radius 2 is 1.26 bits per heavy atom. The lowest BCUT2D eigenvalue weighted by atomic mass is 9.74. The molecule has 3 saturated heterocycles. The maximum absolute atomic E-state index is 15.7. The summed E-state index contributed by atoms with van der Waals surface area (Å²) in [6, 6.07) is -5.65. The molecule has 3 aliphatic carbocycles. The van der Waals surface area contributed by atoms with Crippen molar-refractivity contribution in [2.24, 2.45) is 23.7 Å². The number of carbonyl (C=O) groups is 12. The van der Waals surface area contributed by atoms with E-state index in [0.29, 0.717) is 37.7 Å². The van der Waals surface area contributed by atoms with Gasteiger partial charge in [0.15, 0.2) is 0 Å². The number of aryl methyl sites for hydroxylation is 1. The molecular formula is C71H108ClF3N12O13. The maximum Gasteiger partial charge on any atom is 0.417 e. The molecule has 1 aromatic carbocycles. The van der Waals surface area contributed by atoms with Crippen LogP contribution in [0.2, 0.25) is 5.02 Å². The number of nitrogens with one attached hydrogen (secondary N) is 3. The highest BCUT2D eigenvalue weighted by molar-refractivity contribution is 6.31. The molecule has 100 heavy (non-hydrogen) atoms. The van der Waals surface area contributed by atoms with E-state index in [1.807, 2.05) is 20.8 Å². The minimum Gasteiger partial charge on any atom is -0.378 e. The van der Waals surface area contributed by atoms with Crippen molar-refractivity contribution in [2.45, 2.75) is 217 Å². The third-order valence-electron chi connectivity index (χ3n) is 21.8. The van der Waals surface area contributed by atoms with Gasteiger partial charge >= 0.3 is 6.18 Å². The van der Waals surface area contributed by atoms with Gasteiger partial charge in [0, 0.05) is 69.0 Å². The van der Waals surface area contributed by atoms with Gasteiger partial charge in [-0.2, -0.15) is 13.2 Å². The van der Waals surface area contributed by atoms with Crippen LogP contribution in [0, 0.1) is 23.7 Å². The van der Waals surface area contributed by atoms with E-state index in [1.54, 1.807) is 6.92 Å². The number of hydrogen-bond donors (Lipinski definition) is 3. The van der Waals surface area contributed by atoms with Gasteiger partial charge in [0.2, 0.25) is 70.9 Å². The van der Waals surface area contributed by atoms with Gasteiger partial charge in [-0.05, 0) is 112 Å². The monoisotopic (exact) mass is 1430 g/mol. The molecule has 6 aliphatic rings. The van der Waals surface area contributed by atoms with Crippen LogP contribution < -0.4 is 16.0 Å². The predicted octanol–water partition coefficient (Wildman–Crippen LogP) is 4.88. The number of carbonyl (C=O) groups excluding carboxylic acids is 12. The smallest absolute Gasteiger partial charge is 0.378 e. The third kappa shape index (κ3) is 19.9. The van der Waals surface area contributed by atoms with Crippen molar-refractivity contribution in [3.05, 3.63) is 34.3 Å². The minimum atomic E-state index is -4.76. The van der Waals surface area contributed by atoms with Gasteiger partial charge in [-0.15, -0.1) is 0 Å². The zero-order chi connectivity index (χ0) is 73.7. The zero-order valence-corrected chi connectivity index (χ0v) is 61.2. The van der Waals surface area contributed by atoms with Crippen LogP contribution in [0.3, 0.4) is 0 Å². The molecule has 12 amide bonds.